The fraction of sp³-hybridized carbons (Fsp3) is 0.381. The Labute approximate surface area is 154 Å². The van der Waals surface area contributed by atoms with Crippen molar-refractivity contribution in [1.82, 2.24) is 4.98 Å². The van der Waals surface area contributed by atoms with Gasteiger partial charge in [-0.3, -0.25) is 14.6 Å². The topological polar surface area (TPSA) is 68.3 Å². The molecule has 2 aromatic rings. The van der Waals surface area contributed by atoms with E-state index in [1.807, 2.05) is 63.4 Å². The van der Waals surface area contributed by atoms with E-state index in [9.17, 15) is 9.59 Å². The third-order valence-electron chi connectivity index (χ3n) is 4.02. The van der Waals surface area contributed by atoms with E-state index >= 15 is 0 Å². The van der Waals surface area contributed by atoms with Crippen molar-refractivity contribution >= 4 is 17.9 Å². The molecule has 1 N–H and O–H groups in total. The highest BCUT2D eigenvalue weighted by molar-refractivity contribution is 6.08. The van der Waals surface area contributed by atoms with Gasteiger partial charge in [-0.05, 0) is 26.8 Å². The molecule has 0 atom stereocenters. The fourth-order valence-corrected chi connectivity index (χ4v) is 2.56. The van der Waals surface area contributed by atoms with E-state index in [1.54, 1.807) is 0 Å². The zero-order valence-electron chi connectivity index (χ0n) is 16.0. The summed E-state index contributed by atoms with van der Waals surface area (Å²) in [6.07, 6.45) is 1.82. The van der Waals surface area contributed by atoms with Crippen LogP contribution in [-0.2, 0) is 14.9 Å². The average molecular weight is 354 g/mol. The van der Waals surface area contributed by atoms with Crippen molar-refractivity contribution in [3.8, 4) is 0 Å². The minimum Gasteiger partial charge on any atom is -0.462 e. The summed E-state index contributed by atoms with van der Waals surface area (Å²) in [5.41, 5.74) is 3.14. The van der Waals surface area contributed by atoms with Crippen molar-refractivity contribution in [3.05, 3.63) is 59.4 Å². The molecule has 0 aliphatic carbocycles. The molecule has 138 valence electrons. The first-order valence-corrected chi connectivity index (χ1v) is 8.60. The summed E-state index contributed by atoms with van der Waals surface area (Å²) < 4.78 is 4.55. The highest BCUT2D eigenvalue weighted by atomic mass is 16.5. The molecule has 0 bridgehead atoms. The van der Waals surface area contributed by atoms with Gasteiger partial charge in [-0.25, -0.2) is 0 Å². The monoisotopic (exact) mass is 354 g/mol. The van der Waals surface area contributed by atoms with Gasteiger partial charge >= 0.3 is 0 Å². The zero-order chi connectivity index (χ0) is 19.4. The molecule has 0 amide bonds. The van der Waals surface area contributed by atoms with Gasteiger partial charge in [-0.1, -0.05) is 44.2 Å². The lowest BCUT2D eigenvalue weighted by Gasteiger charge is -2.16. The number of fused-ring (bicyclic) bond motifs is 1. The second-order valence-corrected chi connectivity index (χ2v) is 7.87. The van der Waals surface area contributed by atoms with Crippen molar-refractivity contribution in [2.24, 2.45) is 0 Å². The normalized spacial score (nSPS) is 14.3. The third-order valence-corrected chi connectivity index (χ3v) is 4.02. The average Bonchev–Trinajstić information content (AvgIpc) is 2.89. The summed E-state index contributed by atoms with van der Waals surface area (Å²) in [5, 5.41) is 3.34. The maximum absolute atomic E-state index is 12.3. The van der Waals surface area contributed by atoms with Crippen LogP contribution >= 0.6 is 0 Å². The zero-order valence-corrected chi connectivity index (χ0v) is 16.0. The van der Waals surface area contributed by atoms with E-state index in [-0.39, 0.29) is 16.8 Å². The summed E-state index contributed by atoms with van der Waals surface area (Å²) in [6.45, 7) is 11.1. The quantitative estimate of drug-likeness (QED) is 0.667. The predicted octanol–water partition coefficient (Wildman–Crippen LogP) is 3.97. The standard InChI is InChI=1S/C16H16N2O.C5H10O2/c1-16(2)10-18-13-8-14(17-9-12(13)16)15(19)11-6-4-3-5-7-11;1-5(2,3)7-4-6/h3-9,18H,10H2,1-2H3;4H,1-3H3. The second kappa shape index (κ2) is 7.68. The summed E-state index contributed by atoms with van der Waals surface area (Å²) in [4.78, 5) is 26.2. The molecule has 0 spiro atoms. The number of nitrogens with one attached hydrogen (secondary N) is 1. The molecule has 0 radical (unpaired) electrons. The molecule has 0 saturated heterocycles. The van der Waals surface area contributed by atoms with Crippen molar-refractivity contribution in [1.29, 1.82) is 0 Å². The largest absolute Gasteiger partial charge is 0.462 e. The number of anilines is 1. The number of nitrogens with zero attached hydrogens (tertiary/aromatic N) is 1. The first kappa shape index (κ1) is 19.6. The van der Waals surface area contributed by atoms with Gasteiger partial charge in [-0.15, -0.1) is 0 Å². The fourth-order valence-electron chi connectivity index (χ4n) is 2.56. The number of hydrogen-bond acceptors (Lipinski definition) is 5. The SMILES string of the molecule is CC(C)(C)OC=O.CC1(C)CNc2cc(C(=O)c3ccccc3)ncc21. The van der Waals surface area contributed by atoms with E-state index in [1.165, 1.54) is 5.56 Å². The summed E-state index contributed by atoms with van der Waals surface area (Å²) in [7, 11) is 0. The lowest BCUT2D eigenvalue weighted by atomic mass is 9.88. The highest BCUT2D eigenvalue weighted by Crippen LogP contribution is 2.35. The Morgan fingerprint density at radius 2 is 1.88 bits per heavy atom. The maximum Gasteiger partial charge on any atom is 0.293 e. The molecule has 1 aliphatic rings. The van der Waals surface area contributed by atoms with Crippen LogP contribution in [0, 0.1) is 0 Å². The Bertz CT molecular complexity index is 778. The van der Waals surface area contributed by atoms with Crippen molar-refractivity contribution in [2.45, 2.75) is 45.6 Å². The van der Waals surface area contributed by atoms with Gasteiger partial charge in [0.1, 0.15) is 11.3 Å². The van der Waals surface area contributed by atoms with Crippen molar-refractivity contribution < 1.29 is 14.3 Å². The Morgan fingerprint density at radius 1 is 1.23 bits per heavy atom. The van der Waals surface area contributed by atoms with E-state index in [0.29, 0.717) is 17.7 Å². The first-order chi connectivity index (χ1) is 12.1. The van der Waals surface area contributed by atoms with E-state index in [4.69, 9.17) is 0 Å². The molecular formula is C21H26N2O3. The molecular weight excluding hydrogens is 328 g/mol. The minimum absolute atomic E-state index is 0.0325. The van der Waals surface area contributed by atoms with Crippen LogP contribution in [0.2, 0.25) is 0 Å². The van der Waals surface area contributed by atoms with Gasteiger partial charge in [0.05, 0.1) is 0 Å². The Hall–Kier alpha value is -2.69. The molecule has 26 heavy (non-hydrogen) atoms. The molecule has 0 saturated carbocycles. The van der Waals surface area contributed by atoms with Gasteiger partial charge in [0.25, 0.3) is 6.47 Å². The molecule has 1 aromatic heterocycles. The smallest absolute Gasteiger partial charge is 0.293 e. The molecule has 1 aromatic carbocycles. The molecule has 0 unspecified atom stereocenters. The molecule has 2 heterocycles. The number of benzene rings is 1. The molecule has 3 rings (SSSR count). The number of ether oxygens (including phenoxy) is 1. The minimum atomic E-state index is -0.318. The number of hydrogen-bond donors (Lipinski definition) is 1. The first-order valence-electron chi connectivity index (χ1n) is 8.60. The van der Waals surface area contributed by atoms with Crippen LogP contribution in [0.3, 0.4) is 0 Å². The third kappa shape index (κ3) is 4.91. The summed E-state index contributed by atoms with van der Waals surface area (Å²) in [5.74, 6) is -0.0325. The van der Waals surface area contributed by atoms with Gasteiger partial charge in [0.2, 0.25) is 5.78 Å². The molecule has 0 fully saturated rings. The summed E-state index contributed by atoms with van der Waals surface area (Å²) in [6, 6.07) is 11.1. The van der Waals surface area contributed by atoms with Gasteiger partial charge in [0.15, 0.2) is 0 Å². The predicted molar refractivity (Wildman–Crippen MR) is 103 cm³/mol. The van der Waals surface area contributed by atoms with E-state index < -0.39 is 0 Å². The van der Waals surface area contributed by atoms with E-state index in [0.717, 1.165) is 12.2 Å². The van der Waals surface area contributed by atoms with Crippen molar-refractivity contribution in [2.75, 3.05) is 11.9 Å². The van der Waals surface area contributed by atoms with Gasteiger partial charge < -0.3 is 10.1 Å². The molecule has 5 nitrogen and oxygen atoms in total. The van der Waals surface area contributed by atoms with Crippen LogP contribution in [0.5, 0.6) is 0 Å². The number of ketones is 1. The van der Waals surface area contributed by atoms with Gasteiger partial charge in [0, 0.05) is 35.0 Å². The second-order valence-electron chi connectivity index (χ2n) is 7.87. The summed E-state index contributed by atoms with van der Waals surface area (Å²) >= 11 is 0. The maximum atomic E-state index is 12.3. The highest BCUT2D eigenvalue weighted by Gasteiger charge is 2.30. The van der Waals surface area contributed by atoms with Crippen LogP contribution in [-0.4, -0.2) is 29.4 Å². The van der Waals surface area contributed by atoms with Crippen LogP contribution < -0.4 is 5.32 Å². The van der Waals surface area contributed by atoms with E-state index in [2.05, 4.69) is 28.9 Å². The number of rotatable bonds is 3. The molecule has 5 heteroatoms. The Balaban J connectivity index is 0.000000298. The lowest BCUT2D eigenvalue weighted by molar-refractivity contribution is -0.138. The Kier molecular flexibility index (Phi) is 5.80. The van der Waals surface area contributed by atoms with Crippen LogP contribution in [0.4, 0.5) is 5.69 Å². The Morgan fingerprint density at radius 3 is 2.42 bits per heavy atom. The number of carbonyl (C=O) groups excluding carboxylic acids is 2. The van der Waals surface area contributed by atoms with Crippen LogP contribution in [0.15, 0.2) is 42.6 Å². The van der Waals surface area contributed by atoms with Crippen LogP contribution in [0.25, 0.3) is 0 Å². The van der Waals surface area contributed by atoms with Crippen LogP contribution in [0.1, 0.15) is 56.2 Å². The number of aromatic nitrogens is 1. The van der Waals surface area contributed by atoms with Crippen molar-refractivity contribution in [3.63, 3.8) is 0 Å². The number of carbonyl (C=O) groups is 2. The molecule has 1 aliphatic heterocycles. The van der Waals surface area contributed by atoms with Gasteiger partial charge in [-0.2, -0.15) is 0 Å². The lowest BCUT2D eigenvalue weighted by Crippen LogP contribution is -2.19. The number of pyridine rings is 1.